The molecule has 0 unspecified atom stereocenters. The second-order valence-electron chi connectivity index (χ2n) is 5.19. The molecule has 0 spiro atoms. The van der Waals surface area contributed by atoms with Crippen LogP contribution in [0.1, 0.15) is 32.6 Å². The van der Waals surface area contributed by atoms with Crippen LogP contribution in [0, 0.1) is 0 Å². The summed E-state index contributed by atoms with van der Waals surface area (Å²) in [4.78, 5) is 23.0. The molecule has 21 heavy (non-hydrogen) atoms. The Labute approximate surface area is 123 Å². The van der Waals surface area contributed by atoms with E-state index in [4.69, 9.17) is 9.84 Å². The summed E-state index contributed by atoms with van der Waals surface area (Å²) >= 11 is 0. The Morgan fingerprint density at radius 1 is 1.29 bits per heavy atom. The van der Waals surface area contributed by atoms with Gasteiger partial charge < -0.3 is 20.5 Å². The van der Waals surface area contributed by atoms with Crippen LogP contribution in [0.15, 0.2) is 24.3 Å². The molecule has 1 aromatic carbocycles. The van der Waals surface area contributed by atoms with Crippen LogP contribution in [-0.2, 0) is 4.79 Å². The van der Waals surface area contributed by atoms with Crippen molar-refractivity contribution in [1.29, 1.82) is 0 Å². The third-order valence-electron chi connectivity index (χ3n) is 3.55. The Kier molecular flexibility index (Phi) is 4.67. The van der Waals surface area contributed by atoms with Crippen LogP contribution in [0.5, 0.6) is 5.75 Å². The van der Waals surface area contributed by atoms with Gasteiger partial charge >= 0.3 is 12.0 Å². The number of hydrogen-bond donors (Lipinski definition) is 3. The van der Waals surface area contributed by atoms with E-state index < -0.39 is 17.5 Å². The Morgan fingerprint density at radius 3 is 2.43 bits per heavy atom. The highest BCUT2D eigenvalue weighted by molar-refractivity contribution is 5.94. The van der Waals surface area contributed by atoms with E-state index in [1.165, 1.54) is 0 Å². The fourth-order valence-electron chi connectivity index (χ4n) is 2.16. The standard InChI is InChI=1S/C15H20N2O4/c1-2-10-21-12-6-4-11(5-7-12)16-14(20)17-15(13(18)19)8-3-9-15/h4-7H,2-3,8-10H2,1H3,(H,18,19)(H2,16,17,20). The highest BCUT2D eigenvalue weighted by Gasteiger charge is 2.45. The fourth-order valence-corrected chi connectivity index (χ4v) is 2.16. The summed E-state index contributed by atoms with van der Waals surface area (Å²) in [6, 6.07) is 6.47. The molecule has 6 heteroatoms. The van der Waals surface area contributed by atoms with Gasteiger partial charge in [-0.05, 0) is 49.9 Å². The number of carbonyl (C=O) groups excluding carboxylic acids is 1. The van der Waals surface area contributed by atoms with E-state index in [1.807, 2.05) is 6.92 Å². The number of carboxylic acids is 1. The summed E-state index contributed by atoms with van der Waals surface area (Å²) in [5.41, 5.74) is -0.509. The normalized spacial score (nSPS) is 15.7. The molecule has 0 aromatic heterocycles. The summed E-state index contributed by atoms with van der Waals surface area (Å²) in [6.45, 7) is 2.67. The first-order chi connectivity index (χ1) is 10.1. The molecule has 0 saturated heterocycles. The van der Waals surface area contributed by atoms with Gasteiger partial charge in [0.15, 0.2) is 0 Å². The number of nitrogens with one attached hydrogen (secondary N) is 2. The number of amides is 2. The molecule has 1 fully saturated rings. The molecule has 1 saturated carbocycles. The van der Waals surface area contributed by atoms with Gasteiger partial charge in [-0.3, -0.25) is 0 Å². The molecule has 0 atom stereocenters. The van der Waals surface area contributed by atoms with Gasteiger partial charge in [0.2, 0.25) is 0 Å². The lowest BCUT2D eigenvalue weighted by Crippen LogP contribution is -2.60. The number of urea groups is 1. The largest absolute Gasteiger partial charge is 0.494 e. The number of aliphatic carboxylic acids is 1. The van der Waals surface area contributed by atoms with Crippen molar-refractivity contribution in [2.24, 2.45) is 0 Å². The molecular formula is C15H20N2O4. The summed E-state index contributed by atoms with van der Waals surface area (Å²) in [7, 11) is 0. The highest BCUT2D eigenvalue weighted by atomic mass is 16.5. The SMILES string of the molecule is CCCOc1ccc(NC(=O)NC2(C(=O)O)CCC2)cc1. The molecule has 2 rings (SSSR count). The van der Waals surface area contributed by atoms with Crippen molar-refractivity contribution in [1.82, 2.24) is 5.32 Å². The van der Waals surface area contributed by atoms with Gasteiger partial charge in [-0.1, -0.05) is 6.92 Å². The Hall–Kier alpha value is -2.24. The van der Waals surface area contributed by atoms with Crippen molar-refractivity contribution in [2.45, 2.75) is 38.1 Å². The molecule has 0 heterocycles. The zero-order valence-corrected chi connectivity index (χ0v) is 12.0. The summed E-state index contributed by atoms with van der Waals surface area (Å²) < 4.78 is 5.45. The third kappa shape index (κ3) is 3.65. The van der Waals surface area contributed by atoms with E-state index in [1.54, 1.807) is 24.3 Å². The van der Waals surface area contributed by atoms with Crippen LogP contribution in [0.3, 0.4) is 0 Å². The van der Waals surface area contributed by atoms with Crippen LogP contribution in [0.25, 0.3) is 0 Å². The van der Waals surface area contributed by atoms with Crippen molar-refractivity contribution < 1.29 is 19.4 Å². The second kappa shape index (κ2) is 6.47. The summed E-state index contributed by atoms with van der Waals surface area (Å²) in [5.74, 6) is -0.240. The Morgan fingerprint density at radius 2 is 1.95 bits per heavy atom. The first-order valence-electron chi connectivity index (χ1n) is 7.11. The zero-order chi connectivity index (χ0) is 15.3. The molecule has 1 aliphatic carbocycles. The maximum atomic E-state index is 11.9. The number of anilines is 1. The number of carboxylic acid groups (broad SMARTS) is 1. The number of benzene rings is 1. The quantitative estimate of drug-likeness (QED) is 0.752. The van der Waals surface area contributed by atoms with E-state index in [0.717, 1.165) is 18.6 Å². The van der Waals surface area contributed by atoms with Crippen LogP contribution in [0.2, 0.25) is 0 Å². The minimum atomic E-state index is -1.10. The van der Waals surface area contributed by atoms with Crippen molar-refractivity contribution in [2.75, 3.05) is 11.9 Å². The Balaban J connectivity index is 1.89. The van der Waals surface area contributed by atoms with Gasteiger partial charge in [0, 0.05) is 5.69 Å². The number of carbonyl (C=O) groups is 2. The first kappa shape index (κ1) is 15.2. The molecule has 0 bridgehead atoms. The maximum Gasteiger partial charge on any atom is 0.329 e. The number of hydrogen-bond acceptors (Lipinski definition) is 3. The van der Waals surface area contributed by atoms with Gasteiger partial charge in [0.1, 0.15) is 11.3 Å². The zero-order valence-electron chi connectivity index (χ0n) is 12.0. The lowest BCUT2D eigenvalue weighted by atomic mass is 9.77. The van der Waals surface area contributed by atoms with Crippen LogP contribution < -0.4 is 15.4 Å². The average molecular weight is 292 g/mol. The molecule has 1 aromatic rings. The molecule has 2 amide bonds. The van der Waals surface area contributed by atoms with E-state index in [9.17, 15) is 9.59 Å². The van der Waals surface area contributed by atoms with E-state index in [-0.39, 0.29) is 0 Å². The first-order valence-corrected chi connectivity index (χ1v) is 7.11. The second-order valence-corrected chi connectivity index (χ2v) is 5.19. The average Bonchev–Trinajstić information content (AvgIpc) is 2.41. The third-order valence-corrected chi connectivity index (χ3v) is 3.55. The molecule has 1 aliphatic rings. The van der Waals surface area contributed by atoms with Gasteiger partial charge in [-0.25, -0.2) is 9.59 Å². The fraction of sp³-hybridized carbons (Fsp3) is 0.467. The molecule has 114 valence electrons. The van der Waals surface area contributed by atoms with Crippen molar-refractivity contribution in [3.8, 4) is 5.75 Å². The van der Waals surface area contributed by atoms with E-state index >= 15 is 0 Å². The smallest absolute Gasteiger partial charge is 0.329 e. The minimum absolute atomic E-state index is 0.472. The van der Waals surface area contributed by atoms with E-state index in [2.05, 4.69) is 10.6 Å². The Bertz CT molecular complexity index is 509. The van der Waals surface area contributed by atoms with Crippen molar-refractivity contribution in [3.05, 3.63) is 24.3 Å². The summed E-state index contributed by atoms with van der Waals surface area (Å²) in [5, 5.41) is 14.3. The monoisotopic (exact) mass is 292 g/mol. The van der Waals surface area contributed by atoms with Crippen LogP contribution in [-0.4, -0.2) is 29.3 Å². The summed E-state index contributed by atoms with van der Waals surface area (Å²) in [6.07, 6.45) is 2.69. The highest BCUT2D eigenvalue weighted by Crippen LogP contribution is 2.32. The number of ether oxygens (including phenoxy) is 1. The van der Waals surface area contributed by atoms with Gasteiger partial charge in [0.05, 0.1) is 6.61 Å². The van der Waals surface area contributed by atoms with Gasteiger partial charge in [-0.2, -0.15) is 0 Å². The molecule has 6 nitrogen and oxygen atoms in total. The van der Waals surface area contributed by atoms with Crippen LogP contribution >= 0.6 is 0 Å². The molecule has 0 aliphatic heterocycles. The van der Waals surface area contributed by atoms with Crippen molar-refractivity contribution in [3.63, 3.8) is 0 Å². The lowest BCUT2D eigenvalue weighted by molar-refractivity contribution is -0.148. The van der Waals surface area contributed by atoms with E-state index in [0.29, 0.717) is 25.1 Å². The van der Waals surface area contributed by atoms with Crippen molar-refractivity contribution >= 4 is 17.7 Å². The lowest BCUT2D eigenvalue weighted by Gasteiger charge is -2.38. The molecule has 3 N–H and O–H groups in total. The van der Waals surface area contributed by atoms with Gasteiger partial charge in [0.25, 0.3) is 0 Å². The van der Waals surface area contributed by atoms with Gasteiger partial charge in [-0.15, -0.1) is 0 Å². The maximum absolute atomic E-state index is 11.9. The topological polar surface area (TPSA) is 87.7 Å². The molecular weight excluding hydrogens is 272 g/mol. The predicted octanol–water partition coefficient (Wildman–Crippen LogP) is 2.60. The number of rotatable bonds is 6. The predicted molar refractivity (Wildman–Crippen MR) is 78.6 cm³/mol. The van der Waals surface area contributed by atoms with Crippen LogP contribution in [0.4, 0.5) is 10.5 Å². The molecule has 0 radical (unpaired) electrons. The minimum Gasteiger partial charge on any atom is -0.494 e.